The lowest BCUT2D eigenvalue weighted by Crippen LogP contribution is -2.47. The number of carbonyl (C=O) groups excluding carboxylic acids is 1. The molecule has 0 bridgehead atoms. The SMILES string of the molecule is CC1(C)[C@@H](C(=O)O)[C@@H]1C(=O)N1CCN(/C=C/c2ccccc2)CC1. The smallest absolute Gasteiger partial charge is 0.307 e. The fourth-order valence-corrected chi connectivity index (χ4v) is 3.60. The average molecular weight is 328 g/mol. The van der Waals surface area contributed by atoms with Gasteiger partial charge in [-0.3, -0.25) is 9.59 Å². The quantitative estimate of drug-likeness (QED) is 0.920. The van der Waals surface area contributed by atoms with Crippen LogP contribution < -0.4 is 0 Å². The fourth-order valence-electron chi connectivity index (χ4n) is 3.60. The van der Waals surface area contributed by atoms with Gasteiger partial charge in [-0.1, -0.05) is 44.2 Å². The van der Waals surface area contributed by atoms with Crippen LogP contribution in [0.1, 0.15) is 19.4 Å². The zero-order valence-electron chi connectivity index (χ0n) is 14.2. The highest BCUT2D eigenvalue weighted by molar-refractivity contribution is 5.91. The summed E-state index contributed by atoms with van der Waals surface area (Å²) in [7, 11) is 0. The van der Waals surface area contributed by atoms with Crippen LogP contribution in [0.15, 0.2) is 36.5 Å². The van der Waals surface area contributed by atoms with Gasteiger partial charge in [0.05, 0.1) is 11.8 Å². The lowest BCUT2D eigenvalue weighted by atomic mass is 10.1. The molecule has 2 fully saturated rings. The molecule has 1 saturated carbocycles. The molecule has 0 unspecified atom stereocenters. The number of nitrogens with zero attached hydrogens (tertiary/aromatic N) is 2. The van der Waals surface area contributed by atoms with E-state index in [9.17, 15) is 14.7 Å². The Bertz CT molecular complexity index is 646. The number of amides is 1. The van der Waals surface area contributed by atoms with E-state index in [1.807, 2.05) is 36.9 Å². The van der Waals surface area contributed by atoms with Crippen LogP contribution in [0.3, 0.4) is 0 Å². The average Bonchev–Trinajstić information content (AvgIpc) is 3.16. The summed E-state index contributed by atoms with van der Waals surface area (Å²) in [6, 6.07) is 10.1. The van der Waals surface area contributed by atoms with E-state index < -0.39 is 17.3 Å². The van der Waals surface area contributed by atoms with Crippen LogP contribution in [0.4, 0.5) is 0 Å². The van der Waals surface area contributed by atoms with E-state index in [0.29, 0.717) is 13.1 Å². The van der Waals surface area contributed by atoms with Crippen molar-refractivity contribution in [2.45, 2.75) is 13.8 Å². The van der Waals surface area contributed by atoms with E-state index in [2.05, 4.69) is 29.3 Å². The van der Waals surface area contributed by atoms with Crippen molar-refractivity contribution in [3.8, 4) is 0 Å². The number of aliphatic carboxylic acids is 1. The van der Waals surface area contributed by atoms with Crippen molar-refractivity contribution in [2.24, 2.45) is 17.3 Å². The second kappa shape index (κ2) is 6.30. The maximum atomic E-state index is 12.6. The van der Waals surface area contributed by atoms with Crippen LogP contribution in [-0.2, 0) is 9.59 Å². The third-order valence-corrected chi connectivity index (χ3v) is 5.26. The van der Waals surface area contributed by atoms with Gasteiger partial charge in [-0.2, -0.15) is 0 Å². The molecule has 1 aliphatic heterocycles. The molecular weight excluding hydrogens is 304 g/mol. The van der Waals surface area contributed by atoms with Crippen molar-refractivity contribution in [1.29, 1.82) is 0 Å². The number of carbonyl (C=O) groups is 2. The number of carboxylic acid groups (broad SMARTS) is 1. The van der Waals surface area contributed by atoms with Gasteiger partial charge >= 0.3 is 5.97 Å². The van der Waals surface area contributed by atoms with Gasteiger partial charge in [0, 0.05) is 26.2 Å². The molecule has 1 aromatic carbocycles. The van der Waals surface area contributed by atoms with E-state index in [4.69, 9.17) is 0 Å². The van der Waals surface area contributed by atoms with Gasteiger partial charge in [0.2, 0.25) is 5.91 Å². The van der Waals surface area contributed by atoms with Crippen molar-refractivity contribution < 1.29 is 14.7 Å². The predicted octanol–water partition coefficient (Wildman–Crippen LogP) is 2.16. The highest BCUT2D eigenvalue weighted by Gasteiger charge is 2.66. The number of hydrogen-bond donors (Lipinski definition) is 1. The third kappa shape index (κ3) is 3.16. The first-order chi connectivity index (χ1) is 11.4. The van der Waals surface area contributed by atoms with Gasteiger partial charge < -0.3 is 14.9 Å². The number of piperazine rings is 1. The zero-order valence-corrected chi connectivity index (χ0v) is 14.2. The Labute approximate surface area is 142 Å². The van der Waals surface area contributed by atoms with Gasteiger partial charge in [-0.05, 0) is 23.3 Å². The Hall–Kier alpha value is -2.30. The molecule has 2 aliphatic rings. The first kappa shape index (κ1) is 16.6. The maximum absolute atomic E-state index is 12.6. The van der Waals surface area contributed by atoms with Crippen LogP contribution in [0.2, 0.25) is 0 Å². The molecule has 2 atom stereocenters. The summed E-state index contributed by atoms with van der Waals surface area (Å²) in [6.45, 7) is 6.59. The minimum atomic E-state index is -0.859. The zero-order chi connectivity index (χ0) is 17.3. The van der Waals surface area contributed by atoms with Crippen LogP contribution in [0, 0.1) is 17.3 Å². The first-order valence-electron chi connectivity index (χ1n) is 8.40. The molecule has 1 N–H and O–H groups in total. The Balaban J connectivity index is 1.53. The van der Waals surface area contributed by atoms with Gasteiger partial charge in [0.15, 0.2) is 0 Å². The molecule has 0 spiro atoms. The number of hydrogen-bond acceptors (Lipinski definition) is 3. The summed E-state index contributed by atoms with van der Waals surface area (Å²) >= 11 is 0. The van der Waals surface area contributed by atoms with E-state index in [0.717, 1.165) is 18.7 Å². The predicted molar refractivity (Wildman–Crippen MR) is 92.0 cm³/mol. The van der Waals surface area contributed by atoms with Crippen LogP contribution >= 0.6 is 0 Å². The van der Waals surface area contributed by atoms with Crippen LogP contribution in [-0.4, -0.2) is 53.0 Å². The topological polar surface area (TPSA) is 60.9 Å². The highest BCUT2D eigenvalue weighted by Crippen LogP contribution is 2.59. The number of carboxylic acids is 1. The second-order valence-electron chi connectivity index (χ2n) is 7.20. The Morgan fingerprint density at radius 3 is 2.25 bits per heavy atom. The van der Waals surface area contributed by atoms with Gasteiger partial charge in [0.1, 0.15) is 0 Å². The summed E-state index contributed by atoms with van der Waals surface area (Å²) in [5.74, 6) is -1.77. The molecule has 0 aromatic heterocycles. The molecular formula is C19H24N2O3. The number of rotatable bonds is 4. The van der Waals surface area contributed by atoms with Gasteiger partial charge in [-0.25, -0.2) is 0 Å². The molecule has 0 radical (unpaired) electrons. The summed E-state index contributed by atoms with van der Waals surface area (Å²) in [5, 5.41) is 9.24. The Morgan fingerprint density at radius 2 is 1.71 bits per heavy atom. The normalized spacial score (nSPS) is 25.8. The molecule has 1 heterocycles. The van der Waals surface area contributed by atoms with Crippen molar-refractivity contribution in [1.82, 2.24) is 9.80 Å². The number of benzene rings is 1. The van der Waals surface area contributed by atoms with Crippen molar-refractivity contribution in [3.63, 3.8) is 0 Å². The second-order valence-corrected chi connectivity index (χ2v) is 7.20. The highest BCUT2D eigenvalue weighted by atomic mass is 16.4. The summed E-state index contributed by atoms with van der Waals surface area (Å²) < 4.78 is 0. The Kier molecular flexibility index (Phi) is 4.35. The van der Waals surface area contributed by atoms with Crippen molar-refractivity contribution in [2.75, 3.05) is 26.2 Å². The van der Waals surface area contributed by atoms with E-state index in [-0.39, 0.29) is 11.8 Å². The molecule has 1 aliphatic carbocycles. The maximum Gasteiger partial charge on any atom is 0.307 e. The van der Waals surface area contributed by atoms with Gasteiger partial charge in [-0.15, -0.1) is 0 Å². The standard InChI is InChI=1S/C19H24N2O3/c1-19(2)15(16(19)18(23)24)17(22)21-12-10-20(11-13-21)9-8-14-6-4-3-5-7-14/h3-9,15-16H,10-13H2,1-2H3,(H,23,24)/b9-8+/t15-,16-/m1/s1. The molecule has 1 saturated heterocycles. The van der Waals surface area contributed by atoms with Crippen LogP contribution in [0.25, 0.3) is 6.08 Å². The summed E-state index contributed by atoms with van der Waals surface area (Å²) in [5.41, 5.74) is 0.729. The fraction of sp³-hybridized carbons (Fsp3) is 0.474. The minimum Gasteiger partial charge on any atom is -0.481 e. The van der Waals surface area contributed by atoms with Gasteiger partial charge in [0.25, 0.3) is 0 Å². The summed E-state index contributed by atoms with van der Waals surface area (Å²) in [4.78, 5) is 27.9. The minimum absolute atomic E-state index is 0.000844. The van der Waals surface area contributed by atoms with Crippen molar-refractivity contribution >= 4 is 18.0 Å². The summed E-state index contributed by atoms with van der Waals surface area (Å²) in [6.07, 6.45) is 4.14. The monoisotopic (exact) mass is 328 g/mol. The lowest BCUT2D eigenvalue weighted by molar-refractivity contribution is -0.142. The molecule has 5 nitrogen and oxygen atoms in total. The lowest BCUT2D eigenvalue weighted by Gasteiger charge is -2.34. The molecule has 24 heavy (non-hydrogen) atoms. The molecule has 1 amide bonds. The molecule has 1 aromatic rings. The van der Waals surface area contributed by atoms with E-state index >= 15 is 0 Å². The Morgan fingerprint density at radius 1 is 1.08 bits per heavy atom. The first-order valence-corrected chi connectivity index (χ1v) is 8.40. The van der Waals surface area contributed by atoms with Crippen LogP contribution in [0.5, 0.6) is 0 Å². The van der Waals surface area contributed by atoms with E-state index in [1.165, 1.54) is 0 Å². The molecule has 5 heteroatoms. The largest absolute Gasteiger partial charge is 0.481 e. The third-order valence-electron chi connectivity index (χ3n) is 5.26. The van der Waals surface area contributed by atoms with E-state index in [1.54, 1.807) is 0 Å². The van der Waals surface area contributed by atoms with Crippen molar-refractivity contribution in [3.05, 3.63) is 42.1 Å². The molecule has 128 valence electrons. The molecule has 3 rings (SSSR count).